The van der Waals surface area contributed by atoms with Crippen LogP contribution in [0.3, 0.4) is 0 Å². The summed E-state index contributed by atoms with van der Waals surface area (Å²) >= 11 is 0. The minimum atomic E-state index is -0.983. The van der Waals surface area contributed by atoms with Gasteiger partial charge in [-0.3, -0.25) is 0 Å². The van der Waals surface area contributed by atoms with Gasteiger partial charge in [-0.25, -0.2) is 9.78 Å². The van der Waals surface area contributed by atoms with Gasteiger partial charge in [-0.2, -0.15) is 5.26 Å². The molecule has 0 bridgehead atoms. The highest BCUT2D eigenvalue weighted by atomic mass is 16.5. The molecule has 1 unspecified atom stereocenters. The first-order valence-electron chi connectivity index (χ1n) is 13.5. The van der Waals surface area contributed by atoms with Gasteiger partial charge < -0.3 is 19.9 Å². The van der Waals surface area contributed by atoms with Crippen LogP contribution in [-0.4, -0.2) is 43.0 Å². The zero-order valence-electron chi connectivity index (χ0n) is 23.0. The number of para-hydroxylation sites is 1. The first-order valence-corrected chi connectivity index (χ1v) is 13.5. The van der Waals surface area contributed by atoms with Crippen molar-refractivity contribution in [2.45, 2.75) is 38.1 Å². The molecule has 7 heteroatoms. The van der Waals surface area contributed by atoms with Crippen LogP contribution in [0.2, 0.25) is 0 Å². The largest absolute Gasteiger partial charge is 0.478 e. The third-order valence-electron chi connectivity index (χ3n) is 7.89. The van der Waals surface area contributed by atoms with Crippen molar-refractivity contribution in [3.8, 4) is 17.2 Å². The molecule has 4 aromatic rings. The van der Waals surface area contributed by atoms with E-state index in [1.807, 2.05) is 32.0 Å². The van der Waals surface area contributed by atoms with Crippen LogP contribution in [0.5, 0.6) is 0 Å². The number of carbonyl (C=O) groups is 1. The van der Waals surface area contributed by atoms with Gasteiger partial charge in [0.05, 0.1) is 17.7 Å². The van der Waals surface area contributed by atoms with Gasteiger partial charge in [0, 0.05) is 48.4 Å². The molecule has 1 saturated heterocycles. The van der Waals surface area contributed by atoms with E-state index >= 15 is 0 Å². The van der Waals surface area contributed by atoms with Crippen molar-refractivity contribution >= 4 is 22.6 Å². The Labute approximate surface area is 234 Å². The van der Waals surface area contributed by atoms with E-state index in [4.69, 9.17) is 14.5 Å². The molecule has 1 aliphatic rings. The van der Waals surface area contributed by atoms with Crippen LogP contribution in [-0.2, 0) is 14.9 Å². The topological polar surface area (TPSA) is 104 Å². The number of fused-ring (bicyclic) bond motifs is 1. The number of pyridine rings is 1. The zero-order chi connectivity index (χ0) is 28.3. The highest BCUT2D eigenvalue weighted by Gasteiger charge is 2.34. The standard InChI is InChI=1S/C33H33N3O4/c1-21-16-26(22(2)35-29-7-5-4-6-25(29)32(37)38)28-18-27(31(19-34)36-30(28)17-21)23-8-10-24(11-9-23)33(20-39-3)12-14-40-15-13-33/h4-11,16-18,22,35H,12-15,20H2,1-3H3,(H,37,38). The number of benzene rings is 3. The number of ether oxygens (including phenoxy) is 2. The van der Waals surface area contributed by atoms with Crippen molar-refractivity contribution in [2.75, 3.05) is 32.2 Å². The van der Waals surface area contributed by atoms with E-state index in [0.29, 0.717) is 31.2 Å². The fourth-order valence-corrected chi connectivity index (χ4v) is 5.78. The summed E-state index contributed by atoms with van der Waals surface area (Å²) in [6.07, 6.45) is 1.81. The SMILES string of the molecule is COCC1(c2ccc(-c3cc4c(C(C)Nc5ccccc5C(=O)O)cc(C)cc4nc3C#N)cc2)CCOCC1. The van der Waals surface area contributed by atoms with Gasteiger partial charge in [-0.05, 0) is 73.2 Å². The number of nitrogens with one attached hydrogen (secondary N) is 1. The van der Waals surface area contributed by atoms with E-state index in [9.17, 15) is 15.2 Å². The zero-order valence-corrected chi connectivity index (χ0v) is 23.0. The molecule has 1 aromatic heterocycles. The van der Waals surface area contributed by atoms with Crippen LogP contribution in [0, 0.1) is 18.3 Å². The quantitative estimate of drug-likeness (QED) is 0.260. The number of nitriles is 1. The summed E-state index contributed by atoms with van der Waals surface area (Å²) in [6.45, 7) is 6.05. The Bertz CT molecular complexity index is 1580. The third-order valence-corrected chi connectivity index (χ3v) is 7.89. The molecular formula is C33H33N3O4. The third kappa shape index (κ3) is 5.29. The fourth-order valence-electron chi connectivity index (χ4n) is 5.78. The molecular weight excluding hydrogens is 502 g/mol. The number of hydrogen-bond acceptors (Lipinski definition) is 6. The Kier molecular flexibility index (Phi) is 7.83. The van der Waals surface area contributed by atoms with Crippen molar-refractivity contribution in [1.29, 1.82) is 5.26 Å². The second-order valence-electron chi connectivity index (χ2n) is 10.5. The summed E-state index contributed by atoms with van der Waals surface area (Å²) < 4.78 is 11.2. The summed E-state index contributed by atoms with van der Waals surface area (Å²) in [6, 6.07) is 23.4. The average Bonchev–Trinajstić information content (AvgIpc) is 2.97. The molecule has 0 radical (unpaired) electrons. The number of hydrogen-bond donors (Lipinski definition) is 2. The lowest BCUT2D eigenvalue weighted by Crippen LogP contribution is -2.37. The smallest absolute Gasteiger partial charge is 0.337 e. The van der Waals surface area contributed by atoms with Gasteiger partial charge in [0.2, 0.25) is 0 Å². The molecule has 204 valence electrons. The summed E-state index contributed by atoms with van der Waals surface area (Å²) in [5.41, 5.74) is 6.65. The number of aryl methyl sites for hydroxylation is 1. The summed E-state index contributed by atoms with van der Waals surface area (Å²) in [7, 11) is 1.74. The van der Waals surface area contributed by atoms with Gasteiger partial charge in [0.1, 0.15) is 11.8 Å². The predicted molar refractivity (Wildman–Crippen MR) is 156 cm³/mol. The minimum Gasteiger partial charge on any atom is -0.478 e. The maximum atomic E-state index is 11.8. The van der Waals surface area contributed by atoms with Crippen LogP contribution in [0.1, 0.15) is 58.5 Å². The molecule has 0 amide bonds. The molecule has 0 aliphatic carbocycles. The first-order chi connectivity index (χ1) is 19.3. The van der Waals surface area contributed by atoms with Crippen LogP contribution in [0.15, 0.2) is 66.7 Å². The Hall–Kier alpha value is -4.25. The van der Waals surface area contributed by atoms with E-state index in [1.54, 1.807) is 25.3 Å². The maximum absolute atomic E-state index is 11.8. The Morgan fingerprint density at radius 3 is 2.55 bits per heavy atom. The number of aromatic carboxylic acids is 1. The van der Waals surface area contributed by atoms with E-state index in [-0.39, 0.29) is 17.0 Å². The number of carboxylic acids is 1. The van der Waals surface area contributed by atoms with Crippen molar-refractivity contribution in [1.82, 2.24) is 4.98 Å². The maximum Gasteiger partial charge on any atom is 0.337 e. The Balaban J connectivity index is 1.56. The van der Waals surface area contributed by atoms with Gasteiger partial charge >= 0.3 is 5.97 Å². The number of carboxylic acid groups (broad SMARTS) is 1. The lowest BCUT2D eigenvalue weighted by molar-refractivity contribution is 0.0136. The molecule has 2 N–H and O–H groups in total. The molecule has 0 spiro atoms. The van der Waals surface area contributed by atoms with E-state index in [1.165, 1.54) is 5.56 Å². The van der Waals surface area contributed by atoms with Crippen molar-refractivity contribution in [3.05, 3.63) is 94.7 Å². The Morgan fingerprint density at radius 1 is 1.15 bits per heavy atom. The average molecular weight is 536 g/mol. The number of rotatable bonds is 8. The molecule has 1 fully saturated rings. The van der Waals surface area contributed by atoms with Crippen molar-refractivity contribution < 1.29 is 19.4 Å². The lowest BCUT2D eigenvalue weighted by atomic mass is 9.74. The number of nitrogens with zero attached hydrogens (tertiary/aromatic N) is 2. The van der Waals surface area contributed by atoms with Crippen molar-refractivity contribution in [3.63, 3.8) is 0 Å². The lowest BCUT2D eigenvalue weighted by Gasteiger charge is -2.37. The number of methoxy groups -OCH3 is 1. The minimum absolute atomic E-state index is 0.0801. The van der Waals surface area contributed by atoms with Gasteiger partial charge in [0.15, 0.2) is 0 Å². The van der Waals surface area contributed by atoms with Gasteiger partial charge in [-0.15, -0.1) is 0 Å². The van der Waals surface area contributed by atoms with E-state index in [2.05, 4.69) is 41.7 Å². The van der Waals surface area contributed by atoms with Crippen LogP contribution < -0.4 is 5.32 Å². The predicted octanol–water partition coefficient (Wildman–Crippen LogP) is 6.65. The normalized spacial score (nSPS) is 15.3. The molecule has 7 nitrogen and oxygen atoms in total. The second kappa shape index (κ2) is 11.5. The molecule has 0 saturated carbocycles. The number of anilines is 1. The van der Waals surface area contributed by atoms with Crippen LogP contribution in [0.4, 0.5) is 5.69 Å². The Morgan fingerprint density at radius 2 is 1.88 bits per heavy atom. The first kappa shape index (κ1) is 27.3. The number of aromatic nitrogens is 1. The highest BCUT2D eigenvalue weighted by molar-refractivity contribution is 5.94. The van der Waals surface area contributed by atoms with E-state index < -0.39 is 5.97 Å². The van der Waals surface area contributed by atoms with E-state index in [0.717, 1.165) is 46.0 Å². The monoisotopic (exact) mass is 535 g/mol. The van der Waals surface area contributed by atoms with Crippen LogP contribution >= 0.6 is 0 Å². The van der Waals surface area contributed by atoms with Crippen molar-refractivity contribution in [2.24, 2.45) is 0 Å². The fraction of sp³-hybridized carbons (Fsp3) is 0.303. The second-order valence-corrected chi connectivity index (χ2v) is 10.5. The van der Waals surface area contributed by atoms with Gasteiger partial charge in [-0.1, -0.05) is 42.5 Å². The van der Waals surface area contributed by atoms with Crippen LogP contribution in [0.25, 0.3) is 22.0 Å². The summed E-state index contributed by atoms with van der Waals surface area (Å²) in [5.74, 6) is -0.983. The summed E-state index contributed by atoms with van der Waals surface area (Å²) in [5, 5.41) is 24.0. The highest BCUT2D eigenvalue weighted by Crippen LogP contribution is 2.38. The van der Waals surface area contributed by atoms with Gasteiger partial charge in [0.25, 0.3) is 0 Å². The molecule has 40 heavy (non-hydrogen) atoms. The molecule has 1 atom stereocenters. The molecule has 1 aliphatic heterocycles. The molecule has 3 aromatic carbocycles. The molecule has 5 rings (SSSR count). The summed E-state index contributed by atoms with van der Waals surface area (Å²) in [4.78, 5) is 16.5. The molecule has 2 heterocycles.